The highest BCUT2D eigenvalue weighted by atomic mass is 35.5. The van der Waals surface area contributed by atoms with Crippen LogP contribution in [0.2, 0.25) is 10.0 Å². The summed E-state index contributed by atoms with van der Waals surface area (Å²) in [5, 5.41) is 3.63. The van der Waals surface area contributed by atoms with Crippen LogP contribution < -0.4 is 10.1 Å². The van der Waals surface area contributed by atoms with E-state index in [2.05, 4.69) is 5.32 Å². The minimum atomic E-state index is -1.43. The summed E-state index contributed by atoms with van der Waals surface area (Å²) < 4.78 is 5.82. The summed E-state index contributed by atoms with van der Waals surface area (Å²) >= 11 is 12.8. The molecule has 1 spiro atoms. The number of nitrogens with zero attached hydrogens (tertiary/aromatic N) is 1. The lowest BCUT2D eigenvalue weighted by Gasteiger charge is -2.38. The number of Topliss-reactive ketones (excluding diaryl/α,β-unsaturated/α-hetero) is 2. The van der Waals surface area contributed by atoms with Gasteiger partial charge in [-0.25, -0.2) is 0 Å². The molecule has 1 N–H and O–H groups in total. The number of hydrogen-bond acceptors (Lipinski definition) is 5. The van der Waals surface area contributed by atoms with E-state index in [1.807, 2.05) is 79.6 Å². The molecule has 3 aliphatic rings. The Labute approximate surface area is 265 Å². The zero-order valence-electron chi connectivity index (χ0n) is 24.0. The van der Waals surface area contributed by atoms with Crippen molar-refractivity contribution in [3.8, 4) is 5.75 Å². The Kier molecular flexibility index (Phi) is 6.87. The number of ketones is 2. The first-order valence-electron chi connectivity index (χ1n) is 14.5. The zero-order chi connectivity index (χ0) is 30.7. The number of rotatable bonds is 6. The predicted molar refractivity (Wildman–Crippen MR) is 171 cm³/mol. The minimum Gasteiger partial charge on any atom is -0.491 e. The van der Waals surface area contributed by atoms with Crippen molar-refractivity contribution in [3.05, 3.63) is 135 Å². The molecule has 4 aromatic carbocycles. The molecule has 4 aromatic rings. The maximum atomic E-state index is 15.0. The van der Waals surface area contributed by atoms with Gasteiger partial charge in [-0.2, -0.15) is 0 Å². The van der Waals surface area contributed by atoms with Crippen LogP contribution in [0.1, 0.15) is 57.3 Å². The number of fused-ring (bicyclic) bond motifs is 6. The van der Waals surface area contributed by atoms with E-state index < -0.39 is 23.4 Å². The summed E-state index contributed by atoms with van der Waals surface area (Å²) in [4.78, 5) is 46.1. The van der Waals surface area contributed by atoms with Gasteiger partial charge in [0.25, 0.3) is 0 Å². The fraction of sp³-hybridized carbons (Fsp3) is 0.194. The third-order valence-corrected chi connectivity index (χ3v) is 9.38. The number of ether oxygens (including phenoxy) is 1. The van der Waals surface area contributed by atoms with Crippen molar-refractivity contribution in [2.24, 2.45) is 5.92 Å². The van der Waals surface area contributed by atoms with Crippen molar-refractivity contribution >= 4 is 52.4 Å². The van der Waals surface area contributed by atoms with Gasteiger partial charge < -0.3 is 15.0 Å². The van der Waals surface area contributed by atoms with Gasteiger partial charge in [0.1, 0.15) is 17.2 Å². The van der Waals surface area contributed by atoms with Crippen molar-refractivity contribution in [1.29, 1.82) is 0 Å². The van der Waals surface area contributed by atoms with Crippen molar-refractivity contribution < 1.29 is 19.1 Å². The van der Waals surface area contributed by atoms with Crippen LogP contribution in [-0.4, -0.2) is 34.5 Å². The zero-order valence-corrected chi connectivity index (χ0v) is 25.5. The lowest BCUT2D eigenvalue weighted by Crippen LogP contribution is -2.49. The topological polar surface area (TPSA) is 75.7 Å². The van der Waals surface area contributed by atoms with Crippen LogP contribution in [0.4, 0.5) is 5.69 Å². The lowest BCUT2D eigenvalue weighted by molar-refractivity contribution is -0.122. The van der Waals surface area contributed by atoms with Gasteiger partial charge in [0, 0.05) is 28.0 Å². The van der Waals surface area contributed by atoms with Crippen molar-refractivity contribution in [1.82, 2.24) is 4.90 Å². The normalized spacial score (nSPS) is 22.9. The van der Waals surface area contributed by atoms with Crippen LogP contribution >= 0.6 is 23.2 Å². The van der Waals surface area contributed by atoms with E-state index in [-0.39, 0.29) is 34.2 Å². The fourth-order valence-electron chi connectivity index (χ4n) is 7.17. The van der Waals surface area contributed by atoms with Crippen LogP contribution in [0.25, 0.3) is 6.08 Å². The molecule has 1 amide bonds. The van der Waals surface area contributed by atoms with Gasteiger partial charge in [-0.05, 0) is 85.1 Å². The molecule has 44 heavy (non-hydrogen) atoms. The average molecular weight is 624 g/mol. The molecule has 0 unspecified atom stereocenters. The summed E-state index contributed by atoms with van der Waals surface area (Å²) in [5.41, 5.74) is 2.26. The molecule has 0 aliphatic carbocycles. The molecule has 3 heterocycles. The van der Waals surface area contributed by atoms with Crippen LogP contribution in [0.15, 0.2) is 97.2 Å². The maximum absolute atomic E-state index is 15.0. The molecule has 7 rings (SSSR count). The molecule has 3 aliphatic heterocycles. The van der Waals surface area contributed by atoms with E-state index in [9.17, 15) is 14.4 Å². The first kappa shape index (κ1) is 28.4. The molecule has 0 radical (unpaired) electrons. The van der Waals surface area contributed by atoms with Crippen LogP contribution in [0.3, 0.4) is 0 Å². The third kappa shape index (κ3) is 4.20. The summed E-state index contributed by atoms with van der Waals surface area (Å²) in [7, 11) is 0. The first-order chi connectivity index (χ1) is 21.2. The minimum absolute atomic E-state index is 0.0396. The second-order valence-corrected chi connectivity index (χ2v) is 12.5. The number of carbonyl (C=O) groups excluding carboxylic acids is 3. The quantitative estimate of drug-likeness (QED) is 0.222. The fourth-order valence-corrected chi connectivity index (χ4v) is 7.67. The van der Waals surface area contributed by atoms with Crippen molar-refractivity contribution in [2.75, 3.05) is 5.32 Å². The number of hydrogen-bond donors (Lipinski definition) is 1. The predicted octanol–water partition coefficient (Wildman–Crippen LogP) is 7.76. The molecular formula is C36H28Cl2N2O4. The highest BCUT2D eigenvalue weighted by Gasteiger charge is 2.70. The molecule has 1 fully saturated rings. The van der Waals surface area contributed by atoms with Crippen molar-refractivity contribution in [3.63, 3.8) is 0 Å². The molecular weight excluding hydrogens is 595 g/mol. The Hall–Kier alpha value is -4.39. The second kappa shape index (κ2) is 10.7. The van der Waals surface area contributed by atoms with E-state index >= 15 is 0 Å². The Morgan fingerprint density at radius 1 is 0.909 bits per heavy atom. The molecule has 220 valence electrons. The van der Waals surface area contributed by atoms with E-state index in [1.54, 1.807) is 36.4 Å². The van der Waals surface area contributed by atoms with Crippen LogP contribution in [0.5, 0.6) is 5.75 Å². The Bertz CT molecular complexity index is 1870. The highest BCUT2D eigenvalue weighted by molar-refractivity contribution is 6.37. The van der Waals surface area contributed by atoms with Crippen LogP contribution in [-0.2, 0) is 10.2 Å². The molecule has 0 aromatic heterocycles. The summed E-state index contributed by atoms with van der Waals surface area (Å²) in [6.07, 6.45) is 3.72. The molecule has 8 heteroatoms. The van der Waals surface area contributed by atoms with E-state index in [4.69, 9.17) is 27.9 Å². The van der Waals surface area contributed by atoms with Gasteiger partial charge in [-0.15, -0.1) is 0 Å². The van der Waals surface area contributed by atoms with Gasteiger partial charge >= 0.3 is 0 Å². The van der Waals surface area contributed by atoms with Gasteiger partial charge in [0.2, 0.25) is 5.91 Å². The number of para-hydroxylation sites is 1. The second-order valence-electron chi connectivity index (χ2n) is 11.6. The van der Waals surface area contributed by atoms with Crippen molar-refractivity contribution in [2.45, 2.75) is 37.5 Å². The molecule has 6 nitrogen and oxygen atoms in total. The largest absolute Gasteiger partial charge is 0.491 e. The number of amides is 1. The van der Waals surface area contributed by atoms with E-state index in [0.29, 0.717) is 27.6 Å². The summed E-state index contributed by atoms with van der Waals surface area (Å²) in [6.45, 7) is 3.86. The Balaban J connectivity index is 1.49. The first-order valence-corrected chi connectivity index (χ1v) is 15.2. The van der Waals surface area contributed by atoms with Crippen LogP contribution in [0, 0.1) is 5.92 Å². The summed E-state index contributed by atoms with van der Waals surface area (Å²) in [5.74, 6) is -1.50. The van der Waals surface area contributed by atoms with E-state index in [0.717, 1.165) is 11.1 Å². The monoisotopic (exact) mass is 622 g/mol. The number of anilines is 1. The SMILES string of the molecule is CC(C)Oc1ccc(C(=O)[C@@H]2[C@H](C(=O)c3ccc(Cl)cc3Cl)N3C=Cc4ccccc4[C@@H]3[C@]23C(=O)Nc2ccccc23)cc1. The standard InChI is InChI=1S/C36H28Cl2N2O4/c1-20(2)44-24-14-11-22(12-15-24)32(41)30-31(33(42)26-16-13-23(37)19-28(26)38)40-18-17-21-7-3-4-8-25(21)34(40)36(30)27-9-5-6-10-29(27)39-35(36)43/h3-20,30-31,34H,1-2H3,(H,39,43)/t30-,31+,34+,36+/m0/s1. The summed E-state index contributed by atoms with van der Waals surface area (Å²) in [6, 6.07) is 25.1. The number of carbonyl (C=O) groups is 3. The third-order valence-electron chi connectivity index (χ3n) is 8.83. The van der Waals surface area contributed by atoms with Gasteiger partial charge in [0.15, 0.2) is 11.6 Å². The molecule has 1 saturated heterocycles. The van der Waals surface area contributed by atoms with Gasteiger partial charge in [-0.3, -0.25) is 14.4 Å². The van der Waals surface area contributed by atoms with E-state index in [1.165, 1.54) is 6.07 Å². The molecule has 0 bridgehead atoms. The Morgan fingerprint density at radius 2 is 1.64 bits per heavy atom. The molecule has 4 atom stereocenters. The van der Waals surface area contributed by atoms with Gasteiger partial charge in [-0.1, -0.05) is 65.7 Å². The maximum Gasteiger partial charge on any atom is 0.238 e. The highest BCUT2D eigenvalue weighted by Crippen LogP contribution is 2.62. The Morgan fingerprint density at radius 3 is 2.39 bits per heavy atom. The number of nitrogens with one attached hydrogen (secondary N) is 1. The smallest absolute Gasteiger partial charge is 0.238 e. The average Bonchev–Trinajstić information content (AvgIpc) is 3.49. The number of benzene rings is 4. The lowest BCUT2D eigenvalue weighted by atomic mass is 9.62. The number of halogens is 2. The molecule has 0 saturated carbocycles. The van der Waals surface area contributed by atoms with Gasteiger partial charge in [0.05, 0.1) is 23.1 Å².